The molecule has 0 aliphatic heterocycles. The van der Waals surface area contributed by atoms with E-state index in [1.807, 2.05) is 13.0 Å². The molecule has 0 unspecified atom stereocenters. The molecule has 0 spiro atoms. The fourth-order valence-electron chi connectivity index (χ4n) is 4.41. The van der Waals surface area contributed by atoms with Gasteiger partial charge >= 0.3 is 14.0 Å². The third-order valence-corrected chi connectivity index (χ3v) is 7.98. The number of alkyl halides is 3. The summed E-state index contributed by atoms with van der Waals surface area (Å²) in [5, 5.41) is 14.1. The highest BCUT2D eigenvalue weighted by Crippen LogP contribution is 2.55. The molecule has 0 bridgehead atoms. The molecule has 0 saturated carbocycles. The van der Waals surface area contributed by atoms with Crippen molar-refractivity contribution in [3.8, 4) is 17.5 Å². The number of phosphoric ester groups is 1. The second-order valence-corrected chi connectivity index (χ2v) is 13.8. The third-order valence-electron chi connectivity index (χ3n) is 6.01. The van der Waals surface area contributed by atoms with Crippen molar-refractivity contribution in [1.82, 2.24) is 28.9 Å². The molecule has 4 aromatic rings. The largest absolute Gasteiger partial charge is 0.477 e. The van der Waals surface area contributed by atoms with Crippen molar-refractivity contribution in [2.45, 2.75) is 92.1 Å². The van der Waals surface area contributed by atoms with Crippen LogP contribution in [0.3, 0.4) is 0 Å². The Bertz CT molecular complexity index is 1820. The molecule has 0 aliphatic carbocycles. The van der Waals surface area contributed by atoms with Crippen LogP contribution in [0.1, 0.15) is 71.8 Å². The average molecular weight is 650 g/mol. The number of halogens is 3. The lowest BCUT2D eigenvalue weighted by Crippen LogP contribution is -2.25. The SMILES string of the molecule is CCCn1c(C#N)nc2c(nc(-c3cnn(Cc4cccc(C(F)(F)F)c4)c3)n2COP(=O)(OC(C)(C)C)OC(C)(C)C)c1=O. The van der Waals surface area contributed by atoms with E-state index in [-0.39, 0.29) is 35.9 Å². The van der Waals surface area contributed by atoms with Gasteiger partial charge in [0.25, 0.3) is 5.56 Å². The molecule has 0 atom stereocenters. The number of imidazole rings is 1. The van der Waals surface area contributed by atoms with Gasteiger partial charge in [-0.3, -0.25) is 32.2 Å². The van der Waals surface area contributed by atoms with Crippen LogP contribution in [-0.2, 0) is 44.1 Å². The van der Waals surface area contributed by atoms with Crippen LogP contribution in [0.25, 0.3) is 22.6 Å². The highest BCUT2D eigenvalue weighted by molar-refractivity contribution is 7.48. The second-order valence-electron chi connectivity index (χ2n) is 12.3. The maximum Gasteiger partial charge on any atom is 0.477 e. The van der Waals surface area contributed by atoms with Crippen LogP contribution in [0, 0.1) is 11.3 Å². The Hall–Kier alpha value is -3.83. The first-order valence-electron chi connectivity index (χ1n) is 14.1. The summed E-state index contributed by atoms with van der Waals surface area (Å²) in [4.78, 5) is 22.4. The van der Waals surface area contributed by atoms with Gasteiger partial charge in [0.15, 0.2) is 11.2 Å². The molecule has 0 N–H and O–H groups in total. The number of hydrogen-bond donors (Lipinski definition) is 0. The van der Waals surface area contributed by atoms with Crippen molar-refractivity contribution in [3.05, 3.63) is 64.0 Å². The summed E-state index contributed by atoms with van der Waals surface area (Å²) in [6, 6.07) is 6.83. The van der Waals surface area contributed by atoms with E-state index in [1.54, 1.807) is 47.6 Å². The molecule has 0 aliphatic rings. The third kappa shape index (κ3) is 8.26. The standard InChI is InChI=1S/C29H35F3N7O5P/c1-8-12-38-22(14-33)35-25-23(26(38)40)36-24(39(25)18-42-45(41,43-27(2,3)4)44-28(5,6)7)20-15-34-37(17-20)16-19-10-9-11-21(13-19)29(30,31)32/h9-11,13,15,17H,8,12,16,18H2,1-7H3. The van der Waals surface area contributed by atoms with Crippen molar-refractivity contribution in [2.75, 3.05) is 0 Å². The Morgan fingerprint density at radius 3 is 2.27 bits per heavy atom. The number of benzene rings is 1. The molecule has 3 aromatic heterocycles. The zero-order valence-corrected chi connectivity index (χ0v) is 26.9. The summed E-state index contributed by atoms with van der Waals surface area (Å²) in [5.74, 6) is -0.0246. The van der Waals surface area contributed by atoms with Crippen LogP contribution in [-0.4, -0.2) is 40.1 Å². The molecule has 16 heteroatoms. The highest BCUT2D eigenvalue weighted by Gasteiger charge is 2.38. The van der Waals surface area contributed by atoms with Gasteiger partial charge in [-0.05, 0) is 65.7 Å². The van der Waals surface area contributed by atoms with E-state index in [4.69, 9.17) is 13.6 Å². The molecular weight excluding hydrogens is 614 g/mol. The Morgan fingerprint density at radius 1 is 1.02 bits per heavy atom. The van der Waals surface area contributed by atoms with Crippen LogP contribution in [0.2, 0.25) is 0 Å². The van der Waals surface area contributed by atoms with Gasteiger partial charge in [-0.15, -0.1) is 0 Å². The molecule has 242 valence electrons. The lowest BCUT2D eigenvalue weighted by Gasteiger charge is -2.31. The van der Waals surface area contributed by atoms with E-state index in [0.717, 1.165) is 12.1 Å². The molecule has 45 heavy (non-hydrogen) atoms. The molecule has 12 nitrogen and oxygen atoms in total. The number of aromatic nitrogens is 6. The Morgan fingerprint density at radius 2 is 1.69 bits per heavy atom. The number of fused-ring (bicyclic) bond motifs is 1. The molecule has 0 fully saturated rings. The predicted octanol–water partition coefficient (Wildman–Crippen LogP) is 6.52. The van der Waals surface area contributed by atoms with Crippen molar-refractivity contribution in [3.63, 3.8) is 0 Å². The number of phosphoric acid groups is 1. The predicted molar refractivity (Wildman–Crippen MR) is 159 cm³/mol. The molecule has 1 aromatic carbocycles. The first-order chi connectivity index (χ1) is 20.8. The summed E-state index contributed by atoms with van der Waals surface area (Å²) in [6.45, 7) is 11.7. The first-order valence-corrected chi connectivity index (χ1v) is 15.5. The van der Waals surface area contributed by atoms with Crippen molar-refractivity contribution in [1.29, 1.82) is 5.26 Å². The summed E-state index contributed by atoms with van der Waals surface area (Å²) in [5.41, 5.74) is -2.57. The van der Waals surface area contributed by atoms with Gasteiger partial charge in [-0.25, -0.2) is 14.5 Å². The van der Waals surface area contributed by atoms with Gasteiger partial charge in [-0.2, -0.15) is 23.5 Å². The highest BCUT2D eigenvalue weighted by atomic mass is 31.2. The maximum absolute atomic E-state index is 13.8. The fourth-order valence-corrected chi connectivity index (χ4v) is 6.16. The summed E-state index contributed by atoms with van der Waals surface area (Å²) < 4.78 is 74.8. The van der Waals surface area contributed by atoms with E-state index in [1.165, 1.54) is 32.3 Å². The van der Waals surface area contributed by atoms with E-state index in [2.05, 4.69) is 15.1 Å². The molecular formula is C29H35F3N7O5P. The minimum Gasteiger partial charge on any atom is -0.283 e. The smallest absolute Gasteiger partial charge is 0.283 e. The van der Waals surface area contributed by atoms with Crippen LogP contribution in [0.5, 0.6) is 0 Å². The monoisotopic (exact) mass is 649 g/mol. The van der Waals surface area contributed by atoms with Crippen LogP contribution in [0.15, 0.2) is 41.5 Å². The Labute approximate surface area is 258 Å². The number of nitrogens with zero attached hydrogens (tertiary/aromatic N) is 7. The van der Waals surface area contributed by atoms with E-state index < -0.39 is 43.1 Å². The van der Waals surface area contributed by atoms with Crippen molar-refractivity contribution in [2.24, 2.45) is 0 Å². The molecule has 3 heterocycles. The van der Waals surface area contributed by atoms with Gasteiger partial charge in [0.2, 0.25) is 5.82 Å². The topological polar surface area (TPSA) is 139 Å². The van der Waals surface area contributed by atoms with Gasteiger partial charge < -0.3 is 0 Å². The van der Waals surface area contributed by atoms with Gasteiger partial charge in [-0.1, -0.05) is 19.1 Å². The van der Waals surface area contributed by atoms with E-state index in [0.29, 0.717) is 17.5 Å². The van der Waals surface area contributed by atoms with Crippen molar-refractivity contribution >= 4 is 19.0 Å². The zero-order chi connectivity index (χ0) is 33.4. The molecule has 0 radical (unpaired) electrons. The quantitative estimate of drug-likeness (QED) is 0.176. The van der Waals surface area contributed by atoms with Crippen molar-refractivity contribution < 1.29 is 31.3 Å². The average Bonchev–Trinajstić information content (AvgIpc) is 3.51. The lowest BCUT2D eigenvalue weighted by molar-refractivity contribution is -0.137. The van der Waals surface area contributed by atoms with Crippen LogP contribution < -0.4 is 5.56 Å². The Balaban J connectivity index is 1.82. The van der Waals surface area contributed by atoms with E-state index >= 15 is 0 Å². The first kappa shape index (κ1) is 34.1. The van der Waals surface area contributed by atoms with Gasteiger partial charge in [0, 0.05) is 12.7 Å². The van der Waals surface area contributed by atoms with Crippen LogP contribution in [0.4, 0.5) is 13.2 Å². The maximum atomic E-state index is 13.8. The second kappa shape index (κ2) is 12.5. The van der Waals surface area contributed by atoms with Gasteiger partial charge in [0.1, 0.15) is 18.6 Å². The summed E-state index contributed by atoms with van der Waals surface area (Å²) in [6.07, 6.45) is -0.996. The fraction of sp³-hybridized carbons (Fsp3) is 0.483. The molecule has 0 saturated heterocycles. The number of nitriles is 1. The summed E-state index contributed by atoms with van der Waals surface area (Å²) >= 11 is 0. The molecule has 4 rings (SSSR count). The minimum atomic E-state index is -4.50. The van der Waals surface area contributed by atoms with Gasteiger partial charge in [0.05, 0.1) is 35.1 Å². The lowest BCUT2D eigenvalue weighted by atomic mass is 10.1. The van der Waals surface area contributed by atoms with E-state index in [9.17, 15) is 27.8 Å². The number of rotatable bonds is 10. The Kier molecular flexibility index (Phi) is 9.47. The normalized spacial score (nSPS) is 13.0. The molecule has 0 amide bonds. The zero-order valence-electron chi connectivity index (χ0n) is 26.0. The minimum absolute atomic E-state index is 0.00876. The number of hydrogen-bond acceptors (Lipinski definition) is 9. The summed E-state index contributed by atoms with van der Waals surface area (Å²) in [7, 11) is -4.24. The van der Waals surface area contributed by atoms with Crippen LogP contribution >= 0.6 is 7.82 Å².